The summed E-state index contributed by atoms with van der Waals surface area (Å²) in [5.41, 5.74) is 1.11. The van der Waals surface area contributed by atoms with Crippen LogP contribution in [0.15, 0.2) is 46.9 Å². The van der Waals surface area contributed by atoms with Crippen LogP contribution in [0.2, 0.25) is 5.02 Å². The molecular formula is C17H15BrClNO4. The molecule has 0 aromatic heterocycles. The van der Waals surface area contributed by atoms with Gasteiger partial charge in [0.2, 0.25) is 0 Å². The van der Waals surface area contributed by atoms with Crippen molar-refractivity contribution in [3.63, 3.8) is 0 Å². The standard InChI is InChI=1S/C17H15BrClNO4/c1-23-15-7-6-13(19)8-14(15)17(22)24-10-16(21)20-9-11-2-4-12(18)5-3-11/h2-8H,9-10H2,1H3,(H,20,21). The molecule has 0 atom stereocenters. The Hall–Kier alpha value is -2.05. The molecule has 7 heteroatoms. The van der Waals surface area contributed by atoms with Gasteiger partial charge in [0.05, 0.1) is 7.11 Å². The van der Waals surface area contributed by atoms with Crippen LogP contribution in [-0.4, -0.2) is 25.6 Å². The van der Waals surface area contributed by atoms with Crippen molar-refractivity contribution in [1.29, 1.82) is 0 Å². The van der Waals surface area contributed by atoms with E-state index in [-0.39, 0.29) is 12.2 Å². The minimum atomic E-state index is -0.673. The smallest absolute Gasteiger partial charge is 0.342 e. The summed E-state index contributed by atoms with van der Waals surface area (Å²) in [5, 5.41) is 3.05. The van der Waals surface area contributed by atoms with E-state index in [1.54, 1.807) is 12.1 Å². The number of carbonyl (C=O) groups is 2. The van der Waals surface area contributed by atoms with Crippen molar-refractivity contribution in [3.05, 3.63) is 63.1 Å². The van der Waals surface area contributed by atoms with Crippen molar-refractivity contribution in [2.45, 2.75) is 6.54 Å². The Morgan fingerprint density at radius 2 is 1.88 bits per heavy atom. The predicted molar refractivity (Wildman–Crippen MR) is 94.3 cm³/mol. The summed E-state index contributed by atoms with van der Waals surface area (Å²) in [6.45, 7) is -0.0326. The molecule has 0 unspecified atom stereocenters. The first-order valence-corrected chi connectivity index (χ1v) is 8.18. The lowest BCUT2D eigenvalue weighted by Crippen LogP contribution is -2.28. The van der Waals surface area contributed by atoms with Crippen LogP contribution < -0.4 is 10.1 Å². The van der Waals surface area contributed by atoms with E-state index in [4.69, 9.17) is 21.1 Å². The molecule has 1 amide bonds. The average Bonchev–Trinajstić information content (AvgIpc) is 2.59. The number of ether oxygens (including phenoxy) is 2. The van der Waals surface area contributed by atoms with Gasteiger partial charge in [-0.15, -0.1) is 0 Å². The lowest BCUT2D eigenvalue weighted by Gasteiger charge is -2.09. The van der Waals surface area contributed by atoms with Gasteiger partial charge in [-0.05, 0) is 35.9 Å². The molecule has 0 saturated heterocycles. The summed E-state index contributed by atoms with van der Waals surface area (Å²) < 4.78 is 11.0. The van der Waals surface area contributed by atoms with Gasteiger partial charge in [-0.2, -0.15) is 0 Å². The number of hydrogen-bond donors (Lipinski definition) is 1. The zero-order valence-electron chi connectivity index (χ0n) is 12.8. The van der Waals surface area contributed by atoms with Crippen molar-refractivity contribution in [1.82, 2.24) is 5.32 Å². The highest BCUT2D eigenvalue weighted by Gasteiger charge is 2.15. The molecule has 24 heavy (non-hydrogen) atoms. The van der Waals surface area contributed by atoms with Crippen molar-refractivity contribution in [3.8, 4) is 5.75 Å². The largest absolute Gasteiger partial charge is 0.496 e. The van der Waals surface area contributed by atoms with Crippen molar-refractivity contribution in [2.24, 2.45) is 0 Å². The van der Waals surface area contributed by atoms with Crippen LogP contribution in [-0.2, 0) is 16.1 Å². The van der Waals surface area contributed by atoms with E-state index in [2.05, 4.69) is 21.2 Å². The minimum Gasteiger partial charge on any atom is -0.496 e. The van der Waals surface area contributed by atoms with Crippen molar-refractivity contribution in [2.75, 3.05) is 13.7 Å². The summed E-state index contributed by atoms with van der Waals surface area (Å²) in [6, 6.07) is 12.1. The number of carbonyl (C=O) groups excluding carboxylic acids is 2. The number of rotatable bonds is 6. The van der Waals surface area contributed by atoms with Gasteiger partial charge in [-0.25, -0.2) is 4.79 Å². The van der Waals surface area contributed by atoms with E-state index in [9.17, 15) is 9.59 Å². The molecule has 0 fully saturated rings. The van der Waals surface area contributed by atoms with Gasteiger partial charge in [0.1, 0.15) is 11.3 Å². The molecule has 0 aliphatic heterocycles. The second-order valence-electron chi connectivity index (χ2n) is 4.82. The number of amides is 1. The summed E-state index contributed by atoms with van der Waals surface area (Å²) in [7, 11) is 1.44. The third-order valence-corrected chi connectivity index (χ3v) is 3.88. The first kappa shape index (κ1) is 18.3. The van der Waals surface area contributed by atoms with Gasteiger partial charge < -0.3 is 14.8 Å². The van der Waals surface area contributed by atoms with Crippen molar-refractivity contribution >= 4 is 39.4 Å². The second kappa shape index (κ2) is 8.70. The van der Waals surface area contributed by atoms with Crippen molar-refractivity contribution < 1.29 is 19.1 Å². The number of nitrogens with one attached hydrogen (secondary N) is 1. The molecule has 0 heterocycles. The Kier molecular flexibility index (Phi) is 6.63. The fourth-order valence-electron chi connectivity index (χ4n) is 1.90. The SMILES string of the molecule is COc1ccc(Cl)cc1C(=O)OCC(=O)NCc1ccc(Br)cc1. The predicted octanol–water partition coefficient (Wildman–Crippen LogP) is 3.58. The number of benzene rings is 2. The Labute approximate surface area is 153 Å². The Balaban J connectivity index is 1.86. The molecule has 5 nitrogen and oxygen atoms in total. The summed E-state index contributed by atoms with van der Waals surface area (Å²) >= 11 is 9.20. The fraction of sp³-hybridized carbons (Fsp3) is 0.176. The lowest BCUT2D eigenvalue weighted by atomic mass is 10.2. The third-order valence-electron chi connectivity index (χ3n) is 3.12. The molecular weight excluding hydrogens is 398 g/mol. The number of halogens is 2. The first-order valence-electron chi connectivity index (χ1n) is 7.01. The van der Waals surface area contributed by atoms with Crippen LogP contribution in [0.5, 0.6) is 5.75 Å². The van der Waals surface area contributed by atoms with Crippen LogP contribution >= 0.6 is 27.5 Å². The van der Waals surface area contributed by atoms with Gasteiger partial charge in [0.25, 0.3) is 5.91 Å². The second-order valence-corrected chi connectivity index (χ2v) is 6.18. The maximum atomic E-state index is 12.0. The highest BCUT2D eigenvalue weighted by atomic mass is 79.9. The molecule has 0 radical (unpaired) electrons. The molecule has 0 bridgehead atoms. The van der Waals surface area contributed by atoms with E-state index in [1.807, 2.05) is 24.3 Å². The Morgan fingerprint density at radius 3 is 2.54 bits per heavy atom. The van der Waals surface area contributed by atoms with Gasteiger partial charge in [-0.1, -0.05) is 39.7 Å². The summed E-state index contributed by atoms with van der Waals surface area (Å²) in [5.74, 6) is -0.736. The van der Waals surface area contributed by atoms with E-state index < -0.39 is 11.9 Å². The van der Waals surface area contributed by atoms with E-state index in [0.29, 0.717) is 17.3 Å². The molecule has 126 valence electrons. The third kappa shape index (κ3) is 5.25. The fourth-order valence-corrected chi connectivity index (χ4v) is 2.34. The van der Waals surface area contributed by atoms with Gasteiger partial charge in [-0.3, -0.25) is 4.79 Å². The maximum Gasteiger partial charge on any atom is 0.342 e. The minimum absolute atomic E-state index is 0.172. The summed E-state index contributed by atoms with van der Waals surface area (Å²) in [4.78, 5) is 23.8. The van der Waals surface area contributed by atoms with Crippen LogP contribution in [0, 0.1) is 0 Å². The van der Waals surface area contributed by atoms with Crippen LogP contribution in [0.3, 0.4) is 0 Å². The molecule has 0 aliphatic rings. The topological polar surface area (TPSA) is 64.6 Å². The van der Waals surface area contributed by atoms with E-state index >= 15 is 0 Å². The molecule has 2 aromatic rings. The Morgan fingerprint density at radius 1 is 1.17 bits per heavy atom. The molecule has 0 aliphatic carbocycles. The lowest BCUT2D eigenvalue weighted by molar-refractivity contribution is -0.124. The zero-order valence-corrected chi connectivity index (χ0v) is 15.2. The normalized spacial score (nSPS) is 10.1. The average molecular weight is 413 g/mol. The Bertz CT molecular complexity index is 734. The number of methoxy groups -OCH3 is 1. The molecule has 0 spiro atoms. The van der Waals surface area contributed by atoms with Gasteiger partial charge >= 0.3 is 5.97 Å². The monoisotopic (exact) mass is 411 g/mol. The molecule has 1 N–H and O–H groups in total. The summed E-state index contributed by atoms with van der Waals surface area (Å²) in [6.07, 6.45) is 0. The van der Waals surface area contributed by atoms with Crippen LogP contribution in [0.4, 0.5) is 0 Å². The first-order chi connectivity index (χ1) is 11.5. The molecule has 0 saturated carbocycles. The number of hydrogen-bond acceptors (Lipinski definition) is 4. The van der Waals surface area contributed by atoms with E-state index in [1.165, 1.54) is 13.2 Å². The van der Waals surface area contributed by atoms with Gasteiger partial charge in [0.15, 0.2) is 6.61 Å². The molecule has 2 aromatic carbocycles. The van der Waals surface area contributed by atoms with E-state index in [0.717, 1.165) is 10.0 Å². The van der Waals surface area contributed by atoms with Crippen LogP contribution in [0.1, 0.15) is 15.9 Å². The highest BCUT2D eigenvalue weighted by Crippen LogP contribution is 2.23. The maximum absolute atomic E-state index is 12.0. The number of esters is 1. The van der Waals surface area contributed by atoms with Crippen LogP contribution in [0.25, 0.3) is 0 Å². The quantitative estimate of drug-likeness (QED) is 0.737. The zero-order chi connectivity index (χ0) is 17.5. The highest BCUT2D eigenvalue weighted by molar-refractivity contribution is 9.10. The van der Waals surface area contributed by atoms with Gasteiger partial charge in [0, 0.05) is 16.0 Å². The molecule has 2 rings (SSSR count).